The van der Waals surface area contributed by atoms with Gasteiger partial charge in [-0.25, -0.2) is 0 Å². The maximum absolute atomic E-state index is 2.44. The van der Waals surface area contributed by atoms with Crippen LogP contribution in [0.4, 0.5) is 0 Å². The summed E-state index contributed by atoms with van der Waals surface area (Å²) in [5.41, 5.74) is 0. The first-order valence-electron chi connectivity index (χ1n) is 6.59. The maximum atomic E-state index is 2.44. The summed E-state index contributed by atoms with van der Waals surface area (Å²) >= 11 is 0. The molecule has 0 heteroatoms. The van der Waals surface area contributed by atoms with Gasteiger partial charge in [0.1, 0.15) is 0 Å². The van der Waals surface area contributed by atoms with Crippen molar-refractivity contribution >= 4 is 0 Å². The summed E-state index contributed by atoms with van der Waals surface area (Å²) in [6.07, 6.45) is 8.96. The van der Waals surface area contributed by atoms with Crippen LogP contribution in [-0.4, -0.2) is 0 Å². The fourth-order valence-corrected chi connectivity index (χ4v) is 2.33. The normalized spacial score (nSPS) is 22.1. The molecule has 1 aliphatic rings. The van der Waals surface area contributed by atoms with Crippen LogP contribution in [0.3, 0.4) is 0 Å². The highest BCUT2D eigenvalue weighted by Gasteiger charge is 2.19. The highest BCUT2D eigenvalue weighted by atomic mass is 14.2. The first-order chi connectivity index (χ1) is 6.59. The van der Waals surface area contributed by atoms with Crippen molar-refractivity contribution in [3.8, 4) is 0 Å². The highest BCUT2D eigenvalue weighted by Crippen LogP contribution is 2.33. The Kier molecular flexibility index (Phi) is 4.98. The van der Waals surface area contributed by atoms with Crippen LogP contribution in [0.2, 0.25) is 0 Å². The van der Waals surface area contributed by atoms with Gasteiger partial charge in [-0.05, 0) is 30.1 Å². The van der Waals surface area contributed by atoms with E-state index in [-0.39, 0.29) is 0 Å². The van der Waals surface area contributed by atoms with Gasteiger partial charge < -0.3 is 0 Å². The fourth-order valence-electron chi connectivity index (χ4n) is 2.33. The van der Waals surface area contributed by atoms with Crippen LogP contribution in [0.1, 0.15) is 66.2 Å². The van der Waals surface area contributed by atoms with Gasteiger partial charge in [0.05, 0.1) is 0 Å². The van der Waals surface area contributed by atoms with E-state index in [0.717, 1.165) is 23.7 Å². The Morgan fingerprint density at radius 1 is 1.07 bits per heavy atom. The molecule has 0 aromatic carbocycles. The minimum Gasteiger partial charge on any atom is -0.0625 e. The van der Waals surface area contributed by atoms with Gasteiger partial charge >= 0.3 is 0 Å². The summed E-state index contributed by atoms with van der Waals surface area (Å²) in [4.78, 5) is 0. The smallest absolute Gasteiger partial charge is 0.0414 e. The molecule has 14 heavy (non-hydrogen) atoms. The molecular formula is C14H28. The van der Waals surface area contributed by atoms with Crippen molar-refractivity contribution in [2.75, 3.05) is 0 Å². The van der Waals surface area contributed by atoms with E-state index in [2.05, 4.69) is 27.7 Å². The molecule has 0 N–H and O–H groups in total. The molecule has 0 aliphatic heterocycles. The van der Waals surface area contributed by atoms with Crippen LogP contribution in [0.15, 0.2) is 0 Å². The molecule has 0 heterocycles. The van der Waals surface area contributed by atoms with E-state index in [1.165, 1.54) is 38.5 Å². The van der Waals surface area contributed by atoms with E-state index < -0.39 is 0 Å². The van der Waals surface area contributed by atoms with Crippen molar-refractivity contribution in [2.45, 2.75) is 66.2 Å². The van der Waals surface area contributed by atoms with Crippen LogP contribution in [-0.2, 0) is 0 Å². The molecule has 0 bridgehead atoms. The molecule has 1 aliphatic carbocycles. The topological polar surface area (TPSA) is 0 Å². The Labute approximate surface area is 90.5 Å². The zero-order valence-electron chi connectivity index (χ0n) is 10.6. The van der Waals surface area contributed by atoms with Gasteiger partial charge in [-0.3, -0.25) is 0 Å². The standard InChI is InChI=1S/C14H28/c1-11(2)13(4)10-12(3)8-9-14-6-5-7-14/h11-14H,5-10H2,1-4H3. The lowest BCUT2D eigenvalue weighted by atomic mass is 9.79. The van der Waals surface area contributed by atoms with Gasteiger partial charge in [0.15, 0.2) is 0 Å². The van der Waals surface area contributed by atoms with E-state index >= 15 is 0 Å². The van der Waals surface area contributed by atoms with Crippen molar-refractivity contribution in [3.63, 3.8) is 0 Å². The quantitative estimate of drug-likeness (QED) is 0.567. The molecule has 0 aromatic heterocycles. The van der Waals surface area contributed by atoms with Gasteiger partial charge in [0.2, 0.25) is 0 Å². The lowest BCUT2D eigenvalue weighted by molar-refractivity contribution is 0.251. The molecule has 0 aromatic rings. The molecule has 1 saturated carbocycles. The molecule has 1 fully saturated rings. The zero-order valence-corrected chi connectivity index (χ0v) is 10.6. The molecule has 0 saturated heterocycles. The Bertz CT molecular complexity index is 144. The molecule has 1 rings (SSSR count). The summed E-state index contributed by atoms with van der Waals surface area (Å²) in [5.74, 6) is 3.83. The average Bonchev–Trinajstić information content (AvgIpc) is 2.00. The largest absolute Gasteiger partial charge is 0.0625 e. The highest BCUT2D eigenvalue weighted by molar-refractivity contribution is 4.71. The van der Waals surface area contributed by atoms with Crippen LogP contribution in [0, 0.1) is 23.7 Å². The van der Waals surface area contributed by atoms with Gasteiger partial charge in [0, 0.05) is 0 Å². The molecule has 2 unspecified atom stereocenters. The maximum Gasteiger partial charge on any atom is -0.0414 e. The Morgan fingerprint density at radius 2 is 1.71 bits per heavy atom. The van der Waals surface area contributed by atoms with Crippen molar-refractivity contribution in [2.24, 2.45) is 23.7 Å². The molecular weight excluding hydrogens is 168 g/mol. The minimum absolute atomic E-state index is 0.862. The van der Waals surface area contributed by atoms with Crippen molar-refractivity contribution < 1.29 is 0 Å². The Hall–Kier alpha value is 0. The molecule has 0 spiro atoms. The third kappa shape index (κ3) is 4.02. The number of hydrogen-bond donors (Lipinski definition) is 0. The second-order valence-corrected chi connectivity index (χ2v) is 5.94. The monoisotopic (exact) mass is 196 g/mol. The van der Waals surface area contributed by atoms with Crippen LogP contribution < -0.4 is 0 Å². The van der Waals surface area contributed by atoms with E-state index in [0.29, 0.717) is 0 Å². The van der Waals surface area contributed by atoms with Gasteiger partial charge in [-0.15, -0.1) is 0 Å². The lowest BCUT2D eigenvalue weighted by Gasteiger charge is -2.27. The van der Waals surface area contributed by atoms with Gasteiger partial charge in [-0.1, -0.05) is 59.8 Å². The number of rotatable bonds is 6. The van der Waals surface area contributed by atoms with Crippen molar-refractivity contribution in [1.29, 1.82) is 0 Å². The van der Waals surface area contributed by atoms with E-state index in [9.17, 15) is 0 Å². The molecule has 2 atom stereocenters. The SMILES string of the molecule is CC(CCC1CCC1)CC(C)C(C)C. The minimum atomic E-state index is 0.862. The summed E-state index contributed by atoms with van der Waals surface area (Å²) in [7, 11) is 0. The summed E-state index contributed by atoms with van der Waals surface area (Å²) in [5, 5.41) is 0. The third-order valence-electron chi connectivity index (χ3n) is 4.20. The van der Waals surface area contributed by atoms with E-state index in [4.69, 9.17) is 0 Å². The summed E-state index contributed by atoms with van der Waals surface area (Å²) in [6, 6.07) is 0. The van der Waals surface area contributed by atoms with Crippen LogP contribution in [0.5, 0.6) is 0 Å². The predicted octanol–water partition coefficient (Wildman–Crippen LogP) is 4.89. The first-order valence-corrected chi connectivity index (χ1v) is 6.59. The second-order valence-electron chi connectivity index (χ2n) is 5.94. The van der Waals surface area contributed by atoms with E-state index in [1.54, 1.807) is 0 Å². The Morgan fingerprint density at radius 3 is 2.14 bits per heavy atom. The second kappa shape index (κ2) is 5.78. The van der Waals surface area contributed by atoms with Crippen LogP contribution in [0.25, 0.3) is 0 Å². The fraction of sp³-hybridized carbons (Fsp3) is 1.00. The predicted molar refractivity (Wildman–Crippen MR) is 64.4 cm³/mol. The average molecular weight is 196 g/mol. The van der Waals surface area contributed by atoms with Crippen molar-refractivity contribution in [1.82, 2.24) is 0 Å². The van der Waals surface area contributed by atoms with Crippen LogP contribution >= 0.6 is 0 Å². The zero-order chi connectivity index (χ0) is 10.6. The Balaban J connectivity index is 2.05. The summed E-state index contributed by atoms with van der Waals surface area (Å²) in [6.45, 7) is 9.55. The van der Waals surface area contributed by atoms with Crippen molar-refractivity contribution in [3.05, 3.63) is 0 Å². The molecule has 0 amide bonds. The van der Waals surface area contributed by atoms with Gasteiger partial charge in [-0.2, -0.15) is 0 Å². The third-order valence-corrected chi connectivity index (χ3v) is 4.20. The molecule has 0 radical (unpaired) electrons. The first kappa shape index (κ1) is 12.1. The van der Waals surface area contributed by atoms with E-state index in [1.807, 2.05) is 0 Å². The lowest BCUT2D eigenvalue weighted by Crippen LogP contribution is -2.14. The molecule has 84 valence electrons. The van der Waals surface area contributed by atoms with Gasteiger partial charge in [0.25, 0.3) is 0 Å². The number of hydrogen-bond acceptors (Lipinski definition) is 0. The summed E-state index contributed by atoms with van der Waals surface area (Å²) < 4.78 is 0. The molecule has 0 nitrogen and oxygen atoms in total.